The summed E-state index contributed by atoms with van der Waals surface area (Å²) >= 11 is 5.20. The van der Waals surface area contributed by atoms with Gasteiger partial charge in [-0.1, -0.05) is 31.3 Å². The van der Waals surface area contributed by atoms with Gasteiger partial charge in [0.05, 0.1) is 10.5 Å². The first-order valence-electron chi connectivity index (χ1n) is 5.88. The highest BCUT2D eigenvalue weighted by Crippen LogP contribution is 2.27. The van der Waals surface area contributed by atoms with Gasteiger partial charge in [-0.2, -0.15) is 0 Å². The largest absolute Gasteiger partial charge is 0.343 e. The first kappa shape index (κ1) is 13.4. The fourth-order valence-electron chi connectivity index (χ4n) is 1.89. The molecular weight excluding hydrogens is 262 g/mol. The molecule has 0 bridgehead atoms. The van der Waals surface area contributed by atoms with Crippen LogP contribution in [-0.4, -0.2) is 14.9 Å². The third-order valence-corrected chi connectivity index (χ3v) is 3.36. The van der Waals surface area contributed by atoms with Gasteiger partial charge in [0.25, 0.3) is 5.69 Å². The van der Waals surface area contributed by atoms with Crippen molar-refractivity contribution in [2.75, 3.05) is 0 Å². The summed E-state index contributed by atoms with van der Waals surface area (Å²) in [7, 11) is 0. The van der Waals surface area contributed by atoms with Crippen LogP contribution in [0.3, 0.4) is 0 Å². The molecule has 0 unspecified atom stereocenters. The van der Waals surface area contributed by atoms with Crippen molar-refractivity contribution >= 4 is 17.9 Å². The lowest BCUT2D eigenvalue weighted by Gasteiger charge is -2.08. The van der Waals surface area contributed by atoms with E-state index < -0.39 is 4.92 Å². The number of hydrogen-bond donors (Lipinski definition) is 1. The number of rotatable bonds is 3. The molecule has 2 rings (SSSR count). The van der Waals surface area contributed by atoms with Gasteiger partial charge < -0.3 is 4.98 Å². The molecule has 19 heavy (non-hydrogen) atoms. The van der Waals surface area contributed by atoms with Crippen molar-refractivity contribution in [3.8, 4) is 11.4 Å². The predicted octanol–water partition coefficient (Wildman–Crippen LogP) is 3.59. The summed E-state index contributed by atoms with van der Waals surface area (Å²) in [4.78, 5) is 18.0. The van der Waals surface area contributed by atoms with E-state index in [1.54, 1.807) is 18.2 Å². The fourth-order valence-corrected chi connectivity index (χ4v) is 2.11. The quantitative estimate of drug-likeness (QED) is 0.528. The molecule has 6 heteroatoms. The third-order valence-electron chi connectivity index (χ3n) is 2.97. The number of aromatic amines is 1. The first-order chi connectivity index (χ1) is 9.04. The zero-order valence-corrected chi connectivity index (χ0v) is 11.5. The number of nitro groups is 1. The zero-order chi connectivity index (χ0) is 14.0. The van der Waals surface area contributed by atoms with Gasteiger partial charge in [0.1, 0.15) is 10.5 Å². The van der Waals surface area contributed by atoms with Crippen LogP contribution in [0.25, 0.3) is 11.4 Å². The molecule has 0 aliphatic rings. The average molecular weight is 275 g/mol. The summed E-state index contributed by atoms with van der Waals surface area (Å²) in [5, 5.41) is 11.0. The molecule has 0 amide bonds. The Morgan fingerprint density at radius 3 is 2.74 bits per heavy atom. The Morgan fingerprint density at radius 1 is 1.42 bits per heavy atom. The van der Waals surface area contributed by atoms with Crippen molar-refractivity contribution in [3.05, 3.63) is 50.3 Å². The van der Waals surface area contributed by atoms with E-state index >= 15 is 0 Å². The van der Waals surface area contributed by atoms with Crippen molar-refractivity contribution in [2.45, 2.75) is 20.3 Å². The Kier molecular flexibility index (Phi) is 3.71. The zero-order valence-electron chi connectivity index (χ0n) is 10.6. The van der Waals surface area contributed by atoms with Crippen LogP contribution < -0.4 is 0 Å². The minimum absolute atomic E-state index is 0.0200. The number of H-pyrrole nitrogens is 1. The van der Waals surface area contributed by atoms with Crippen LogP contribution >= 0.6 is 12.2 Å². The van der Waals surface area contributed by atoms with Gasteiger partial charge in [0.2, 0.25) is 0 Å². The Labute approximate surface area is 115 Å². The van der Waals surface area contributed by atoms with Crippen LogP contribution in [0.2, 0.25) is 0 Å². The standard InChI is InChI=1S/C13H13N3O2S/c1-3-10-8(2)13(19)15-12(14-10)9-6-4-5-7-11(9)16(17)18/h4-7H,3H2,1-2H3,(H,14,15,19). The summed E-state index contributed by atoms with van der Waals surface area (Å²) in [6.45, 7) is 3.89. The van der Waals surface area contributed by atoms with Crippen LogP contribution in [-0.2, 0) is 6.42 Å². The second-order valence-electron chi connectivity index (χ2n) is 4.12. The van der Waals surface area contributed by atoms with Crippen molar-refractivity contribution < 1.29 is 4.92 Å². The van der Waals surface area contributed by atoms with E-state index in [2.05, 4.69) is 9.97 Å². The fraction of sp³-hybridized carbons (Fsp3) is 0.231. The molecular formula is C13H13N3O2S. The van der Waals surface area contributed by atoms with Gasteiger partial charge in [0, 0.05) is 17.3 Å². The van der Waals surface area contributed by atoms with Crippen molar-refractivity contribution in [1.29, 1.82) is 0 Å². The third kappa shape index (κ3) is 2.53. The lowest BCUT2D eigenvalue weighted by atomic mass is 10.1. The number of aryl methyl sites for hydroxylation is 1. The smallest absolute Gasteiger partial charge is 0.280 e. The molecule has 1 heterocycles. The Balaban J connectivity index is 2.70. The molecule has 5 nitrogen and oxygen atoms in total. The molecule has 0 atom stereocenters. The van der Waals surface area contributed by atoms with Gasteiger partial charge in [-0.3, -0.25) is 10.1 Å². The minimum Gasteiger partial charge on any atom is -0.343 e. The Hall–Kier alpha value is -2.08. The topological polar surface area (TPSA) is 71.8 Å². The Morgan fingerprint density at radius 2 is 2.11 bits per heavy atom. The molecule has 0 saturated carbocycles. The molecule has 0 fully saturated rings. The second kappa shape index (κ2) is 5.27. The number of nitrogens with one attached hydrogen (secondary N) is 1. The molecule has 1 aromatic carbocycles. The van der Waals surface area contributed by atoms with E-state index in [1.807, 2.05) is 13.8 Å². The maximum absolute atomic E-state index is 11.0. The number of hydrogen-bond acceptors (Lipinski definition) is 4. The molecule has 98 valence electrons. The van der Waals surface area contributed by atoms with Crippen molar-refractivity contribution in [1.82, 2.24) is 9.97 Å². The van der Waals surface area contributed by atoms with Gasteiger partial charge in [-0.05, 0) is 19.4 Å². The van der Waals surface area contributed by atoms with Crippen LogP contribution in [0.15, 0.2) is 24.3 Å². The predicted molar refractivity (Wildman–Crippen MR) is 75.6 cm³/mol. The summed E-state index contributed by atoms with van der Waals surface area (Å²) in [6.07, 6.45) is 0.769. The van der Waals surface area contributed by atoms with Crippen molar-refractivity contribution in [2.24, 2.45) is 0 Å². The molecule has 0 radical (unpaired) electrons. The summed E-state index contributed by atoms with van der Waals surface area (Å²) < 4.78 is 0.476. The van der Waals surface area contributed by atoms with Gasteiger partial charge in [-0.25, -0.2) is 4.98 Å². The maximum Gasteiger partial charge on any atom is 0.280 e. The van der Waals surface area contributed by atoms with E-state index in [0.717, 1.165) is 17.7 Å². The van der Waals surface area contributed by atoms with Gasteiger partial charge >= 0.3 is 0 Å². The average Bonchev–Trinajstić information content (AvgIpc) is 2.41. The normalized spacial score (nSPS) is 10.4. The van der Waals surface area contributed by atoms with E-state index in [0.29, 0.717) is 16.0 Å². The van der Waals surface area contributed by atoms with Crippen LogP contribution in [0, 0.1) is 21.7 Å². The van der Waals surface area contributed by atoms with E-state index in [1.165, 1.54) is 6.07 Å². The molecule has 0 aliphatic carbocycles. The lowest BCUT2D eigenvalue weighted by Crippen LogP contribution is -2.01. The molecule has 0 saturated heterocycles. The molecule has 1 aromatic heterocycles. The second-order valence-corrected chi connectivity index (χ2v) is 4.51. The molecule has 1 N–H and O–H groups in total. The van der Waals surface area contributed by atoms with Crippen LogP contribution in [0.4, 0.5) is 5.69 Å². The number of para-hydroxylation sites is 1. The van der Waals surface area contributed by atoms with Crippen LogP contribution in [0.5, 0.6) is 0 Å². The number of nitrogens with zero attached hydrogens (tertiary/aromatic N) is 2. The summed E-state index contributed by atoms with van der Waals surface area (Å²) in [6, 6.07) is 6.50. The van der Waals surface area contributed by atoms with E-state index in [-0.39, 0.29) is 5.69 Å². The number of aromatic nitrogens is 2. The van der Waals surface area contributed by atoms with Crippen LogP contribution in [0.1, 0.15) is 18.2 Å². The SMILES string of the molecule is CCc1[nH]c(-c2ccccc2[N+](=O)[O-])nc(=S)c1C. The Bertz CT molecular complexity index is 695. The van der Waals surface area contributed by atoms with E-state index in [4.69, 9.17) is 12.2 Å². The minimum atomic E-state index is -0.417. The highest BCUT2D eigenvalue weighted by molar-refractivity contribution is 7.71. The maximum atomic E-state index is 11.0. The molecule has 0 spiro atoms. The van der Waals surface area contributed by atoms with Gasteiger partial charge in [-0.15, -0.1) is 0 Å². The van der Waals surface area contributed by atoms with Crippen molar-refractivity contribution in [3.63, 3.8) is 0 Å². The number of nitro benzene ring substituents is 1. The first-order valence-corrected chi connectivity index (χ1v) is 6.29. The highest BCUT2D eigenvalue weighted by atomic mass is 32.1. The molecule has 2 aromatic rings. The van der Waals surface area contributed by atoms with E-state index in [9.17, 15) is 10.1 Å². The number of benzene rings is 1. The summed E-state index contributed by atoms with van der Waals surface area (Å²) in [5.41, 5.74) is 2.34. The summed E-state index contributed by atoms with van der Waals surface area (Å²) in [5.74, 6) is 0.444. The van der Waals surface area contributed by atoms with Gasteiger partial charge in [0.15, 0.2) is 0 Å². The molecule has 0 aliphatic heterocycles. The monoisotopic (exact) mass is 275 g/mol. The highest BCUT2D eigenvalue weighted by Gasteiger charge is 2.16. The lowest BCUT2D eigenvalue weighted by molar-refractivity contribution is -0.384.